The van der Waals surface area contributed by atoms with E-state index in [0.717, 1.165) is 5.56 Å². The summed E-state index contributed by atoms with van der Waals surface area (Å²) in [7, 11) is -2.37. The molecular formula is C15H20N2O4S. The van der Waals surface area contributed by atoms with Gasteiger partial charge in [-0.2, -0.15) is 0 Å². The highest BCUT2D eigenvalue weighted by atomic mass is 32.2. The molecule has 6 nitrogen and oxygen atoms in total. The number of likely N-dealkylation sites (tertiary alicyclic amines) is 1. The Hall–Kier alpha value is -1.73. The van der Waals surface area contributed by atoms with Crippen LogP contribution < -0.4 is 5.32 Å². The van der Waals surface area contributed by atoms with Crippen molar-refractivity contribution in [2.24, 2.45) is 0 Å². The average molecular weight is 324 g/mol. The number of benzene rings is 1. The van der Waals surface area contributed by atoms with Crippen LogP contribution in [0.5, 0.6) is 0 Å². The molecule has 0 aromatic heterocycles. The molecular weight excluding hydrogens is 304 g/mol. The number of aryl methyl sites for hydroxylation is 1. The van der Waals surface area contributed by atoms with Gasteiger partial charge in [-0.25, -0.2) is 8.42 Å². The van der Waals surface area contributed by atoms with E-state index < -0.39 is 14.7 Å². The predicted molar refractivity (Wildman–Crippen MR) is 82.0 cm³/mol. The zero-order valence-corrected chi connectivity index (χ0v) is 13.5. The number of hydrogen-bond acceptors (Lipinski definition) is 5. The van der Waals surface area contributed by atoms with Crippen LogP contribution in [-0.2, 0) is 19.4 Å². The lowest BCUT2D eigenvalue weighted by atomic mass is 10.2. The van der Waals surface area contributed by atoms with E-state index in [4.69, 9.17) is 0 Å². The second-order valence-corrected chi connectivity index (χ2v) is 7.64. The van der Waals surface area contributed by atoms with E-state index in [1.807, 2.05) is 6.92 Å². The van der Waals surface area contributed by atoms with Crippen molar-refractivity contribution in [1.82, 2.24) is 10.2 Å². The van der Waals surface area contributed by atoms with Crippen molar-refractivity contribution in [2.45, 2.75) is 29.5 Å². The number of nitrogens with one attached hydrogen (secondary N) is 1. The SMILES string of the molecule is CNCC(=O)N1CCC[C@]1(C=O)S(=O)(=O)c1ccc(C)cc1. The maximum Gasteiger partial charge on any atom is 0.238 e. The molecule has 0 bridgehead atoms. The molecule has 1 aliphatic heterocycles. The third kappa shape index (κ3) is 2.55. The van der Waals surface area contributed by atoms with Gasteiger partial charge in [-0.05, 0) is 38.9 Å². The summed E-state index contributed by atoms with van der Waals surface area (Å²) < 4.78 is 25.9. The number of nitrogens with zero attached hydrogens (tertiary/aromatic N) is 1. The molecule has 0 unspecified atom stereocenters. The van der Waals surface area contributed by atoms with E-state index in [1.165, 1.54) is 17.0 Å². The number of aldehydes is 1. The van der Waals surface area contributed by atoms with Gasteiger partial charge in [-0.3, -0.25) is 9.59 Å². The fraction of sp³-hybridized carbons (Fsp3) is 0.467. The first kappa shape index (κ1) is 16.6. The molecule has 120 valence electrons. The van der Waals surface area contributed by atoms with Crippen molar-refractivity contribution >= 4 is 22.0 Å². The van der Waals surface area contributed by atoms with E-state index in [0.29, 0.717) is 12.7 Å². The maximum atomic E-state index is 13.0. The Balaban J connectivity index is 2.50. The standard InChI is InChI=1S/C15H20N2O4S/c1-12-4-6-13(7-5-12)22(20,21)15(11-18)8-3-9-17(15)14(19)10-16-2/h4-7,11,16H,3,8-10H2,1-2H3/t15-/m1/s1. The first-order valence-corrected chi connectivity index (χ1v) is 8.60. The molecule has 1 atom stereocenters. The predicted octanol–water partition coefficient (Wildman–Crippen LogP) is 0.506. The Morgan fingerprint density at radius 1 is 1.36 bits per heavy atom. The number of sulfone groups is 1. The van der Waals surface area contributed by atoms with Crippen LogP contribution in [0.3, 0.4) is 0 Å². The minimum atomic E-state index is -3.97. The molecule has 0 aliphatic carbocycles. The number of likely N-dealkylation sites (N-methyl/N-ethyl adjacent to an activating group) is 1. The van der Waals surface area contributed by atoms with Gasteiger partial charge in [0.05, 0.1) is 11.4 Å². The molecule has 1 N–H and O–H groups in total. The zero-order chi connectivity index (χ0) is 16.4. The second kappa shape index (κ2) is 6.18. The fourth-order valence-electron chi connectivity index (χ4n) is 2.78. The zero-order valence-electron chi connectivity index (χ0n) is 12.7. The molecule has 0 spiro atoms. The highest BCUT2D eigenvalue weighted by molar-refractivity contribution is 7.93. The Kier molecular flexibility index (Phi) is 4.67. The number of rotatable bonds is 5. The number of hydrogen-bond donors (Lipinski definition) is 1. The summed E-state index contributed by atoms with van der Waals surface area (Å²) >= 11 is 0. The van der Waals surface area contributed by atoms with Crippen LogP contribution in [0.4, 0.5) is 0 Å². The molecule has 2 rings (SSSR count). The highest BCUT2D eigenvalue weighted by Gasteiger charge is 2.54. The lowest BCUT2D eigenvalue weighted by Crippen LogP contribution is -2.55. The highest BCUT2D eigenvalue weighted by Crippen LogP contribution is 2.37. The van der Waals surface area contributed by atoms with Crippen molar-refractivity contribution in [2.75, 3.05) is 20.1 Å². The number of amides is 1. The van der Waals surface area contributed by atoms with Gasteiger partial charge >= 0.3 is 0 Å². The van der Waals surface area contributed by atoms with E-state index in [2.05, 4.69) is 5.32 Å². The molecule has 0 saturated carbocycles. The van der Waals surface area contributed by atoms with Crippen molar-refractivity contribution in [3.8, 4) is 0 Å². The average Bonchev–Trinajstić information content (AvgIpc) is 2.93. The molecule has 0 radical (unpaired) electrons. The van der Waals surface area contributed by atoms with Gasteiger partial charge in [0.1, 0.15) is 0 Å². The molecule has 1 aromatic carbocycles. The van der Waals surface area contributed by atoms with Gasteiger partial charge in [0.2, 0.25) is 20.6 Å². The summed E-state index contributed by atoms with van der Waals surface area (Å²) in [5, 5.41) is 2.70. The van der Waals surface area contributed by atoms with Gasteiger partial charge < -0.3 is 10.2 Å². The molecule has 7 heteroatoms. The van der Waals surface area contributed by atoms with Gasteiger partial charge in [0.25, 0.3) is 0 Å². The van der Waals surface area contributed by atoms with Gasteiger partial charge in [0.15, 0.2) is 6.29 Å². The van der Waals surface area contributed by atoms with Crippen molar-refractivity contribution < 1.29 is 18.0 Å². The monoisotopic (exact) mass is 324 g/mol. The van der Waals surface area contributed by atoms with Crippen LogP contribution in [-0.4, -0.2) is 50.5 Å². The van der Waals surface area contributed by atoms with Crippen LogP contribution in [0.25, 0.3) is 0 Å². The second-order valence-electron chi connectivity index (χ2n) is 5.46. The molecule has 1 aromatic rings. The van der Waals surface area contributed by atoms with Crippen molar-refractivity contribution in [3.63, 3.8) is 0 Å². The Labute approximate surface area is 130 Å². The van der Waals surface area contributed by atoms with E-state index >= 15 is 0 Å². The van der Waals surface area contributed by atoms with Crippen LogP contribution in [0.2, 0.25) is 0 Å². The smallest absolute Gasteiger partial charge is 0.238 e. The third-order valence-electron chi connectivity index (χ3n) is 3.98. The lowest BCUT2D eigenvalue weighted by molar-refractivity contribution is -0.135. The summed E-state index contributed by atoms with van der Waals surface area (Å²) in [5.74, 6) is -0.386. The minimum Gasteiger partial charge on any atom is -0.316 e. The fourth-order valence-corrected chi connectivity index (χ4v) is 4.71. The summed E-state index contributed by atoms with van der Waals surface area (Å²) in [4.78, 5) is 23.4. The van der Waals surface area contributed by atoms with Crippen LogP contribution >= 0.6 is 0 Å². The first-order valence-electron chi connectivity index (χ1n) is 7.12. The van der Waals surface area contributed by atoms with E-state index in [-0.39, 0.29) is 30.3 Å². The summed E-state index contributed by atoms with van der Waals surface area (Å²) in [6.07, 6.45) is 1.02. The number of carbonyl (C=O) groups excluding carboxylic acids is 2. The number of carbonyl (C=O) groups is 2. The lowest BCUT2D eigenvalue weighted by Gasteiger charge is -2.33. The van der Waals surface area contributed by atoms with Gasteiger partial charge in [-0.1, -0.05) is 17.7 Å². The maximum absolute atomic E-state index is 13.0. The van der Waals surface area contributed by atoms with E-state index in [1.54, 1.807) is 19.2 Å². The minimum absolute atomic E-state index is 0.000984. The summed E-state index contributed by atoms with van der Waals surface area (Å²) in [6, 6.07) is 6.32. The molecule has 1 amide bonds. The quantitative estimate of drug-likeness (QED) is 0.798. The van der Waals surface area contributed by atoms with Gasteiger partial charge in [-0.15, -0.1) is 0 Å². The molecule has 1 saturated heterocycles. The van der Waals surface area contributed by atoms with Crippen LogP contribution in [0.1, 0.15) is 18.4 Å². The van der Waals surface area contributed by atoms with Crippen molar-refractivity contribution in [3.05, 3.63) is 29.8 Å². The third-order valence-corrected chi connectivity index (χ3v) is 6.33. The Morgan fingerprint density at radius 3 is 2.55 bits per heavy atom. The Bertz CT molecular complexity index is 669. The normalized spacial score (nSPS) is 21.8. The van der Waals surface area contributed by atoms with Crippen molar-refractivity contribution in [1.29, 1.82) is 0 Å². The van der Waals surface area contributed by atoms with Crippen LogP contribution in [0.15, 0.2) is 29.2 Å². The largest absolute Gasteiger partial charge is 0.316 e. The van der Waals surface area contributed by atoms with Crippen LogP contribution in [0, 0.1) is 6.92 Å². The topological polar surface area (TPSA) is 83.6 Å². The molecule has 1 heterocycles. The first-order chi connectivity index (χ1) is 10.4. The summed E-state index contributed by atoms with van der Waals surface area (Å²) in [5.41, 5.74) is 0.925. The Morgan fingerprint density at radius 2 is 2.00 bits per heavy atom. The molecule has 1 aliphatic rings. The summed E-state index contributed by atoms with van der Waals surface area (Å²) in [6.45, 7) is 2.12. The molecule has 1 fully saturated rings. The van der Waals surface area contributed by atoms with Gasteiger partial charge in [0, 0.05) is 6.54 Å². The molecule has 22 heavy (non-hydrogen) atoms. The van der Waals surface area contributed by atoms with E-state index in [9.17, 15) is 18.0 Å².